The van der Waals surface area contributed by atoms with Crippen molar-refractivity contribution in [2.45, 2.75) is 135 Å². The summed E-state index contributed by atoms with van der Waals surface area (Å²) in [5, 5.41) is 0. The van der Waals surface area contributed by atoms with E-state index in [1.54, 1.807) is 0 Å². The predicted molar refractivity (Wildman–Crippen MR) is 107 cm³/mol. The van der Waals surface area contributed by atoms with E-state index >= 15 is 0 Å². The summed E-state index contributed by atoms with van der Waals surface area (Å²) in [5.41, 5.74) is 0. The second-order valence-corrected chi connectivity index (χ2v) is 12.2. The lowest BCUT2D eigenvalue weighted by Crippen LogP contribution is -2.21. The van der Waals surface area contributed by atoms with E-state index in [2.05, 4.69) is 6.92 Å². The second kappa shape index (κ2) is 17.0. The zero-order chi connectivity index (χ0) is 17.2. The maximum absolute atomic E-state index is 11.6. The molecule has 0 heterocycles. The molecule has 0 aromatic heterocycles. The van der Waals surface area contributed by atoms with Gasteiger partial charge >= 0.3 is 0 Å². The normalized spacial score (nSPS) is 12.0. The van der Waals surface area contributed by atoms with Crippen LogP contribution in [0.15, 0.2) is 0 Å². The standard InChI is InChI=1S/C21H45OSi/c1-4-5-6-7-8-9-10-11-12-13-14-15-16-17-18-19-20-21-23(2,3)22/h4-21H2,1-3H3. The van der Waals surface area contributed by atoms with Crippen molar-refractivity contribution < 1.29 is 4.80 Å². The minimum absolute atomic E-state index is 0.978. The Hall–Kier alpha value is 0.177. The fourth-order valence-corrected chi connectivity index (χ4v) is 4.38. The highest BCUT2D eigenvalue weighted by molar-refractivity contribution is 6.69. The van der Waals surface area contributed by atoms with Crippen molar-refractivity contribution in [2.75, 3.05) is 0 Å². The topological polar surface area (TPSA) is 19.9 Å². The summed E-state index contributed by atoms with van der Waals surface area (Å²) in [5.74, 6) is 0. The third-order valence-electron chi connectivity index (χ3n) is 4.88. The minimum Gasteiger partial charge on any atom is -0.298 e. The highest BCUT2D eigenvalue weighted by Gasteiger charge is 2.18. The van der Waals surface area contributed by atoms with Crippen molar-refractivity contribution >= 4 is 8.32 Å². The molecule has 0 amide bonds. The maximum Gasteiger partial charge on any atom is 0.231 e. The molecule has 0 unspecified atom stereocenters. The summed E-state index contributed by atoms with van der Waals surface area (Å²) in [6.07, 6.45) is 24.0. The monoisotopic (exact) mass is 341 g/mol. The summed E-state index contributed by atoms with van der Waals surface area (Å²) < 4.78 is 0. The zero-order valence-corrected chi connectivity index (χ0v) is 17.6. The first-order valence-corrected chi connectivity index (χ1v) is 13.9. The van der Waals surface area contributed by atoms with Gasteiger partial charge in [0.1, 0.15) is 0 Å². The van der Waals surface area contributed by atoms with Gasteiger partial charge in [-0.1, -0.05) is 116 Å². The Kier molecular flexibility index (Phi) is 17.1. The molecule has 1 nitrogen and oxygen atoms in total. The van der Waals surface area contributed by atoms with Crippen LogP contribution in [0.5, 0.6) is 0 Å². The fourth-order valence-electron chi connectivity index (χ4n) is 3.28. The summed E-state index contributed by atoms with van der Waals surface area (Å²) in [4.78, 5) is 11.6. The first kappa shape index (κ1) is 23.2. The van der Waals surface area contributed by atoms with Crippen LogP contribution in [-0.2, 0) is 4.80 Å². The largest absolute Gasteiger partial charge is 0.298 e. The van der Waals surface area contributed by atoms with Crippen LogP contribution in [0, 0.1) is 0 Å². The molecule has 0 aliphatic carbocycles. The van der Waals surface area contributed by atoms with Crippen molar-refractivity contribution in [3.63, 3.8) is 0 Å². The molecular weight excluding hydrogens is 296 g/mol. The predicted octanol–water partition coefficient (Wildman–Crippen LogP) is 8.27. The first-order valence-electron chi connectivity index (χ1n) is 10.8. The molecule has 2 heteroatoms. The molecule has 0 saturated heterocycles. The molecule has 0 atom stereocenters. The molecule has 0 aromatic carbocycles. The number of rotatable bonds is 18. The molecule has 0 aliphatic rings. The van der Waals surface area contributed by atoms with E-state index in [9.17, 15) is 4.80 Å². The van der Waals surface area contributed by atoms with Crippen LogP contribution in [0.2, 0.25) is 19.1 Å². The highest BCUT2D eigenvalue weighted by Crippen LogP contribution is 2.16. The molecule has 0 aliphatic heterocycles. The van der Waals surface area contributed by atoms with Crippen LogP contribution in [0.1, 0.15) is 116 Å². The fraction of sp³-hybridized carbons (Fsp3) is 1.00. The van der Waals surface area contributed by atoms with Gasteiger partial charge < -0.3 is 0 Å². The Balaban J connectivity index is 3.00. The van der Waals surface area contributed by atoms with Gasteiger partial charge in [-0.15, -0.1) is 0 Å². The van der Waals surface area contributed by atoms with Gasteiger partial charge in [-0.3, -0.25) is 4.80 Å². The van der Waals surface area contributed by atoms with Crippen molar-refractivity contribution in [3.05, 3.63) is 0 Å². The molecule has 139 valence electrons. The second-order valence-electron chi connectivity index (χ2n) is 8.17. The molecule has 0 N–H and O–H groups in total. The van der Waals surface area contributed by atoms with E-state index in [1.165, 1.54) is 109 Å². The van der Waals surface area contributed by atoms with E-state index in [0.717, 1.165) is 6.04 Å². The van der Waals surface area contributed by atoms with Crippen molar-refractivity contribution in [1.29, 1.82) is 0 Å². The Morgan fingerprint density at radius 1 is 0.478 bits per heavy atom. The van der Waals surface area contributed by atoms with E-state index < -0.39 is 8.32 Å². The van der Waals surface area contributed by atoms with Crippen LogP contribution >= 0.6 is 0 Å². The SMILES string of the molecule is CCCCCCCCCCCCCCCCCCC[Si](C)(C)[O]. The minimum atomic E-state index is -2.02. The van der Waals surface area contributed by atoms with Gasteiger partial charge in [0.25, 0.3) is 0 Å². The average molecular weight is 342 g/mol. The quantitative estimate of drug-likeness (QED) is 0.176. The average Bonchev–Trinajstić information content (AvgIpc) is 2.49. The lowest BCUT2D eigenvalue weighted by Gasteiger charge is -2.10. The Labute approximate surface area is 148 Å². The summed E-state index contributed by atoms with van der Waals surface area (Å²) in [7, 11) is -2.02. The highest BCUT2D eigenvalue weighted by atomic mass is 28.4. The van der Waals surface area contributed by atoms with Crippen molar-refractivity contribution in [1.82, 2.24) is 0 Å². The first-order chi connectivity index (χ1) is 11.1. The van der Waals surface area contributed by atoms with Crippen LogP contribution in [0.25, 0.3) is 0 Å². The third kappa shape index (κ3) is 22.2. The van der Waals surface area contributed by atoms with E-state index in [-0.39, 0.29) is 0 Å². The Bertz CT molecular complexity index is 222. The number of hydrogen-bond donors (Lipinski definition) is 0. The van der Waals surface area contributed by atoms with Gasteiger partial charge in [-0.2, -0.15) is 0 Å². The maximum atomic E-state index is 11.6. The van der Waals surface area contributed by atoms with Crippen LogP contribution in [0.4, 0.5) is 0 Å². The zero-order valence-electron chi connectivity index (χ0n) is 16.6. The molecule has 1 radical (unpaired) electrons. The van der Waals surface area contributed by atoms with Crippen molar-refractivity contribution in [3.8, 4) is 0 Å². The molecule has 0 rings (SSSR count). The third-order valence-corrected chi connectivity index (χ3v) is 6.44. The van der Waals surface area contributed by atoms with Gasteiger partial charge in [0, 0.05) is 0 Å². The van der Waals surface area contributed by atoms with Crippen LogP contribution in [0.3, 0.4) is 0 Å². The van der Waals surface area contributed by atoms with Gasteiger partial charge in [0.15, 0.2) is 0 Å². The Morgan fingerprint density at radius 3 is 1.00 bits per heavy atom. The van der Waals surface area contributed by atoms with Gasteiger partial charge in [0.2, 0.25) is 8.32 Å². The van der Waals surface area contributed by atoms with Gasteiger partial charge in [-0.05, 0) is 19.1 Å². The summed E-state index contributed by atoms with van der Waals surface area (Å²) >= 11 is 0. The van der Waals surface area contributed by atoms with E-state index in [1.807, 2.05) is 13.1 Å². The van der Waals surface area contributed by atoms with E-state index in [4.69, 9.17) is 0 Å². The molecule has 0 aromatic rings. The lowest BCUT2D eigenvalue weighted by molar-refractivity contribution is 0.423. The van der Waals surface area contributed by atoms with Crippen molar-refractivity contribution in [2.24, 2.45) is 0 Å². The lowest BCUT2D eigenvalue weighted by atomic mass is 10.0. The van der Waals surface area contributed by atoms with E-state index in [0.29, 0.717) is 0 Å². The molecule has 0 bridgehead atoms. The Morgan fingerprint density at radius 2 is 0.739 bits per heavy atom. The number of unbranched alkanes of at least 4 members (excludes halogenated alkanes) is 16. The van der Waals surface area contributed by atoms with Crippen LogP contribution in [-0.4, -0.2) is 8.32 Å². The smallest absolute Gasteiger partial charge is 0.231 e. The van der Waals surface area contributed by atoms with Crippen LogP contribution < -0.4 is 0 Å². The molecule has 0 spiro atoms. The molecular formula is C21H45OSi. The molecule has 0 fully saturated rings. The van der Waals surface area contributed by atoms with Gasteiger partial charge in [0.05, 0.1) is 0 Å². The summed E-state index contributed by atoms with van der Waals surface area (Å²) in [6.45, 7) is 6.18. The summed E-state index contributed by atoms with van der Waals surface area (Å²) in [6, 6.07) is 0.978. The van der Waals surface area contributed by atoms with Gasteiger partial charge in [-0.25, -0.2) is 0 Å². The molecule has 23 heavy (non-hydrogen) atoms. The molecule has 0 saturated carbocycles. The number of hydrogen-bond acceptors (Lipinski definition) is 0.